The molecule has 0 aromatic heterocycles. The molecule has 2 aromatic rings. The molecule has 0 atom stereocenters. The highest BCUT2D eigenvalue weighted by Gasteiger charge is 2.24. The number of esters is 1. The Hall–Kier alpha value is -2.95. The van der Waals surface area contributed by atoms with Gasteiger partial charge in [-0.3, -0.25) is 9.59 Å². The highest BCUT2D eigenvalue weighted by Crippen LogP contribution is 2.20. The molecule has 29 heavy (non-hydrogen) atoms. The molecular formula is C24H27NO4. The summed E-state index contributed by atoms with van der Waals surface area (Å²) in [7, 11) is 0. The summed E-state index contributed by atoms with van der Waals surface area (Å²) in [6.07, 6.45) is 1.93. The molecule has 5 heteroatoms. The number of amides is 1. The Morgan fingerprint density at radius 2 is 1.62 bits per heavy atom. The van der Waals surface area contributed by atoms with Crippen LogP contribution in [0.25, 0.3) is 0 Å². The van der Waals surface area contributed by atoms with Crippen molar-refractivity contribution in [1.29, 1.82) is 0 Å². The maximum atomic E-state index is 13.1. The van der Waals surface area contributed by atoms with E-state index in [1.807, 2.05) is 32.0 Å². The van der Waals surface area contributed by atoms with Crippen LogP contribution in [-0.4, -0.2) is 42.3 Å². The fourth-order valence-corrected chi connectivity index (χ4v) is 3.54. The zero-order valence-electron chi connectivity index (χ0n) is 17.2. The zero-order chi connectivity index (χ0) is 21.0. The monoisotopic (exact) mass is 393 g/mol. The largest absolute Gasteiger partial charge is 0.452 e. The van der Waals surface area contributed by atoms with Crippen molar-refractivity contribution in [2.75, 3.05) is 19.7 Å². The van der Waals surface area contributed by atoms with Crippen LogP contribution >= 0.6 is 0 Å². The molecule has 3 rings (SSSR count). The molecule has 0 N–H and O–H groups in total. The van der Waals surface area contributed by atoms with E-state index in [2.05, 4.69) is 6.92 Å². The van der Waals surface area contributed by atoms with Gasteiger partial charge in [0.1, 0.15) is 0 Å². The quantitative estimate of drug-likeness (QED) is 0.570. The lowest BCUT2D eigenvalue weighted by Gasteiger charge is -2.30. The van der Waals surface area contributed by atoms with Gasteiger partial charge < -0.3 is 9.64 Å². The zero-order valence-corrected chi connectivity index (χ0v) is 17.2. The second-order valence-corrected chi connectivity index (χ2v) is 7.83. The van der Waals surface area contributed by atoms with Crippen LogP contribution in [0.5, 0.6) is 0 Å². The summed E-state index contributed by atoms with van der Waals surface area (Å²) in [6, 6.07) is 12.2. The van der Waals surface area contributed by atoms with Crippen LogP contribution in [-0.2, 0) is 9.53 Å². The molecule has 0 unspecified atom stereocenters. The molecule has 0 aliphatic carbocycles. The predicted molar refractivity (Wildman–Crippen MR) is 111 cm³/mol. The van der Waals surface area contributed by atoms with Crippen molar-refractivity contribution in [2.45, 2.75) is 33.6 Å². The third kappa shape index (κ3) is 4.91. The molecule has 5 nitrogen and oxygen atoms in total. The van der Waals surface area contributed by atoms with Gasteiger partial charge in [-0.25, -0.2) is 4.79 Å². The van der Waals surface area contributed by atoms with Gasteiger partial charge in [-0.2, -0.15) is 0 Å². The van der Waals surface area contributed by atoms with Crippen molar-refractivity contribution in [3.63, 3.8) is 0 Å². The van der Waals surface area contributed by atoms with E-state index in [0.29, 0.717) is 24.6 Å². The Kier molecular flexibility index (Phi) is 6.47. The smallest absolute Gasteiger partial charge is 0.339 e. The van der Waals surface area contributed by atoms with Crippen LogP contribution in [0.15, 0.2) is 42.5 Å². The Balaban J connectivity index is 1.73. The van der Waals surface area contributed by atoms with E-state index in [1.54, 1.807) is 29.2 Å². The highest BCUT2D eigenvalue weighted by atomic mass is 16.5. The number of hydrogen-bond acceptors (Lipinski definition) is 4. The molecule has 2 aromatic carbocycles. The number of likely N-dealkylation sites (tertiary alicyclic amines) is 1. The SMILES string of the molecule is Cc1ccc(C)c(C(=O)c2ccccc2C(=O)OCC(=O)N2CCC(C)CC2)c1. The molecule has 1 amide bonds. The lowest BCUT2D eigenvalue weighted by molar-refractivity contribution is -0.135. The first-order valence-electron chi connectivity index (χ1n) is 10.0. The highest BCUT2D eigenvalue weighted by molar-refractivity contribution is 6.15. The average Bonchev–Trinajstić information content (AvgIpc) is 2.73. The van der Waals surface area contributed by atoms with Crippen LogP contribution in [0.4, 0.5) is 0 Å². The van der Waals surface area contributed by atoms with E-state index in [9.17, 15) is 14.4 Å². The van der Waals surface area contributed by atoms with E-state index in [1.165, 1.54) is 0 Å². The van der Waals surface area contributed by atoms with E-state index >= 15 is 0 Å². The first-order chi connectivity index (χ1) is 13.9. The number of aryl methyl sites for hydroxylation is 2. The van der Waals surface area contributed by atoms with E-state index < -0.39 is 5.97 Å². The maximum Gasteiger partial charge on any atom is 0.339 e. The molecule has 0 saturated carbocycles. The Bertz CT molecular complexity index is 926. The normalized spacial score (nSPS) is 14.5. The van der Waals surface area contributed by atoms with Gasteiger partial charge >= 0.3 is 5.97 Å². The minimum atomic E-state index is -0.655. The van der Waals surface area contributed by atoms with Gasteiger partial charge in [0.2, 0.25) is 0 Å². The van der Waals surface area contributed by atoms with Crippen molar-refractivity contribution < 1.29 is 19.1 Å². The summed E-state index contributed by atoms with van der Waals surface area (Å²) in [4.78, 5) is 39.8. The molecule has 1 heterocycles. The number of carbonyl (C=O) groups excluding carboxylic acids is 3. The molecule has 1 aliphatic heterocycles. The van der Waals surface area contributed by atoms with Crippen molar-refractivity contribution >= 4 is 17.7 Å². The van der Waals surface area contributed by atoms with Crippen LogP contribution in [0, 0.1) is 19.8 Å². The van der Waals surface area contributed by atoms with E-state index in [4.69, 9.17) is 4.74 Å². The van der Waals surface area contributed by atoms with Crippen molar-refractivity contribution in [3.05, 3.63) is 70.3 Å². The molecular weight excluding hydrogens is 366 g/mol. The number of ether oxygens (including phenoxy) is 1. The number of hydrogen-bond donors (Lipinski definition) is 0. The molecule has 152 valence electrons. The van der Waals surface area contributed by atoms with Gasteiger partial charge in [-0.05, 0) is 50.3 Å². The van der Waals surface area contributed by atoms with Crippen molar-refractivity contribution in [2.24, 2.45) is 5.92 Å². The summed E-state index contributed by atoms with van der Waals surface area (Å²) in [6.45, 7) is 7.04. The van der Waals surface area contributed by atoms with Gasteiger partial charge in [0.15, 0.2) is 12.4 Å². The first-order valence-corrected chi connectivity index (χ1v) is 10.0. The fraction of sp³-hybridized carbons (Fsp3) is 0.375. The predicted octanol–water partition coefficient (Wildman–Crippen LogP) is 3.95. The number of ketones is 1. The Morgan fingerprint density at radius 3 is 2.31 bits per heavy atom. The topological polar surface area (TPSA) is 63.7 Å². The molecule has 0 bridgehead atoms. The van der Waals surface area contributed by atoms with Crippen LogP contribution in [0.3, 0.4) is 0 Å². The fourth-order valence-electron chi connectivity index (χ4n) is 3.54. The summed E-state index contributed by atoms with van der Waals surface area (Å²) in [5, 5.41) is 0. The number of carbonyl (C=O) groups is 3. The molecule has 0 spiro atoms. The summed E-state index contributed by atoms with van der Waals surface area (Å²) < 4.78 is 5.27. The summed E-state index contributed by atoms with van der Waals surface area (Å²) in [5.74, 6) is -0.457. The number of rotatable bonds is 5. The van der Waals surface area contributed by atoms with Crippen LogP contribution in [0.1, 0.15) is 57.2 Å². The number of piperidine rings is 1. The molecule has 1 fully saturated rings. The average molecular weight is 393 g/mol. The Morgan fingerprint density at radius 1 is 0.966 bits per heavy atom. The second-order valence-electron chi connectivity index (χ2n) is 7.83. The van der Waals surface area contributed by atoms with Crippen molar-refractivity contribution in [3.8, 4) is 0 Å². The van der Waals surface area contributed by atoms with Crippen LogP contribution < -0.4 is 0 Å². The third-order valence-corrected chi connectivity index (χ3v) is 5.49. The molecule has 1 saturated heterocycles. The van der Waals surface area contributed by atoms with Gasteiger partial charge in [0, 0.05) is 24.2 Å². The van der Waals surface area contributed by atoms with Crippen molar-refractivity contribution in [1.82, 2.24) is 4.90 Å². The van der Waals surface area contributed by atoms with Crippen LogP contribution in [0.2, 0.25) is 0 Å². The lowest BCUT2D eigenvalue weighted by atomic mass is 9.94. The Labute approximate surface area is 171 Å². The third-order valence-electron chi connectivity index (χ3n) is 5.49. The summed E-state index contributed by atoms with van der Waals surface area (Å²) in [5.41, 5.74) is 2.84. The van der Waals surface area contributed by atoms with E-state index in [0.717, 1.165) is 24.0 Å². The lowest BCUT2D eigenvalue weighted by Crippen LogP contribution is -2.40. The van der Waals surface area contributed by atoms with Gasteiger partial charge in [0.05, 0.1) is 5.56 Å². The maximum absolute atomic E-state index is 13.1. The minimum absolute atomic E-state index is 0.179. The second kappa shape index (κ2) is 9.03. The van der Waals surface area contributed by atoms with Gasteiger partial charge in [-0.1, -0.05) is 42.8 Å². The minimum Gasteiger partial charge on any atom is -0.452 e. The van der Waals surface area contributed by atoms with Gasteiger partial charge in [-0.15, -0.1) is 0 Å². The molecule has 0 radical (unpaired) electrons. The first kappa shape index (κ1) is 20.8. The number of nitrogens with zero attached hydrogens (tertiary/aromatic N) is 1. The van der Waals surface area contributed by atoms with E-state index in [-0.39, 0.29) is 29.4 Å². The number of benzene rings is 2. The summed E-state index contributed by atoms with van der Waals surface area (Å²) >= 11 is 0. The van der Waals surface area contributed by atoms with Gasteiger partial charge in [0.25, 0.3) is 5.91 Å². The standard InChI is InChI=1S/C24H27NO4/c1-16-10-12-25(13-11-16)22(26)15-29-24(28)20-7-5-4-6-19(20)23(27)21-14-17(2)8-9-18(21)3/h4-9,14,16H,10-13,15H2,1-3H3. The molecule has 1 aliphatic rings.